The fourth-order valence-electron chi connectivity index (χ4n) is 1.71. The molecule has 1 N–H and O–H groups in total. The van der Waals surface area contributed by atoms with Gasteiger partial charge in [0.2, 0.25) is 0 Å². The molecule has 19 heavy (non-hydrogen) atoms. The minimum Gasteiger partial charge on any atom is -0.508 e. The summed E-state index contributed by atoms with van der Waals surface area (Å²) in [6, 6.07) is 6.84. The summed E-state index contributed by atoms with van der Waals surface area (Å²) < 4.78 is 10.6. The average Bonchev–Trinajstić information content (AvgIpc) is 2.38. The Kier molecular flexibility index (Phi) is 6.97. The summed E-state index contributed by atoms with van der Waals surface area (Å²) in [4.78, 5) is 11.8. The van der Waals surface area contributed by atoms with Gasteiger partial charge in [0, 0.05) is 13.0 Å². The van der Waals surface area contributed by atoms with Gasteiger partial charge in [0.25, 0.3) is 0 Å². The molecule has 0 aromatic heterocycles. The number of carbonyl (C=O) groups is 1. The first-order valence-corrected chi connectivity index (χ1v) is 6.73. The van der Waals surface area contributed by atoms with E-state index in [1.54, 1.807) is 25.1 Å². The average molecular weight is 266 g/mol. The van der Waals surface area contributed by atoms with E-state index in [4.69, 9.17) is 9.47 Å². The molecule has 1 aromatic carbocycles. The number of hydrogen-bond donors (Lipinski definition) is 1. The number of ether oxygens (including phenoxy) is 2. The number of hydrogen-bond acceptors (Lipinski definition) is 4. The van der Waals surface area contributed by atoms with E-state index >= 15 is 0 Å². The molecule has 0 aliphatic rings. The lowest BCUT2D eigenvalue weighted by Crippen LogP contribution is -2.29. The standard InChI is InChI=1S/C15H22O4/c1-3-5-9-19-14(15(17)18-4-2)11-12-7-6-8-13(16)10-12/h6-8,10,14,16H,3-5,9,11H2,1-2H3. The molecule has 1 rings (SSSR count). The molecule has 0 saturated heterocycles. The molecule has 0 fully saturated rings. The van der Waals surface area contributed by atoms with Gasteiger partial charge in [-0.25, -0.2) is 4.79 Å². The van der Waals surface area contributed by atoms with Gasteiger partial charge in [-0.05, 0) is 31.0 Å². The third kappa shape index (κ3) is 5.75. The smallest absolute Gasteiger partial charge is 0.335 e. The normalized spacial score (nSPS) is 12.1. The predicted molar refractivity (Wildman–Crippen MR) is 73.1 cm³/mol. The van der Waals surface area contributed by atoms with Crippen molar-refractivity contribution in [2.24, 2.45) is 0 Å². The molecule has 4 nitrogen and oxygen atoms in total. The maximum atomic E-state index is 11.8. The van der Waals surface area contributed by atoms with Crippen molar-refractivity contribution in [3.05, 3.63) is 29.8 Å². The lowest BCUT2D eigenvalue weighted by atomic mass is 10.1. The van der Waals surface area contributed by atoms with Gasteiger partial charge in [-0.15, -0.1) is 0 Å². The molecule has 0 aliphatic heterocycles. The second kappa shape index (κ2) is 8.53. The molecule has 1 atom stereocenters. The third-order valence-electron chi connectivity index (χ3n) is 2.70. The quantitative estimate of drug-likeness (QED) is 0.580. The van der Waals surface area contributed by atoms with Crippen LogP contribution < -0.4 is 0 Å². The Morgan fingerprint density at radius 2 is 2.16 bits per heavy atom. The number of rotatable bonds is 8. The Morgan fingerprint density at radius 3 is 2.79 bits per heavy atom. The molecule has 1 unspecified atom stereocenters. The second-order valence-electron chi connectivity index (χ2n) is 4.34. The van der Waals surface area contributed by atoms with Crippen molar-refractivity contribution < 1.29 is 19.4 Å². The van der Waals surface area contributed by atoms with E-state index in [1.807, 2.05) is 6.07 Å². The maximum absolute atomic E-state index is 11.8. The minimum atomic E-state index is -0.603. The van der Waals surface area contributed by atoms with E-state index in [0.717, 1.165) is 18.4 Å². The highest BCUT2D eigenvalue weighted by molar-refractivity contribution is 5.75. The van der Waals surface area contributed by atoms with Crippen molar-refractivity contribution in [1.82, 2.24) is 0 Å². The molecule has 0 spiro atoms. The first-order valence-electron chi connectivity index (χ1n) is 6.73. The highest BCUT2D eigenvalue weighted by Gasteiger charge is 2.21. The summed E-state index contributed by atoms with van der Waals surface area (Å²) in [5, 5.41) is 9.43. The largest absolute Gasteiger partial charge is 0.508 e. The van der Waals surface area contributed by atoms with Crippen molar-refractivity contribution in [2.75, 3.05) is 13.2 Å². The molecule has 0 amide bonds. The van der Waals surface area contributed by atoms with Crippen LogP contribution in [0.1, 0.15) is 32.3 Å². The first-order chi connectivity index (χ1) is 9.17. The summed E-state index contributed by atoms with van der Waals surface area (Å²) in [6.45, 7) is 4.72. The van der Waals surface area contributed by atoms with Crippen LogP contribution >= 0.6 is 0 Å². The number of phenols is 1. The van der Waals surface area contributed by atoms with Gasteiger partial charge in [-0.1, -0.05) is 25.5 Å². The Hall–Kier alpha value is -1.55. The zero-order valence-corrected chi connectivity index (χ0v) is 11.6. The van der Waals surface area contributed by atoms with Crippen molar-refractivity contribution in [3.63, 3.8) is 0 Å². The Morgan fingerprint density at radius 1 is 1.37 bits per heavy atom. The molecule has 1 aromatic rings. The molecular weight excluding hydrogens is 244 g/mol. The van der Waals surface area contributed by atoms with Crippen LogP contribution in [0, 0.1) is 0 Å². The summed E-state index contributed by atoms with van der Waals surface area (Å²) >= 11 is 0. The zero-order valence-electron chi connectivity index (χ0n) is 11.6. The van der Waals surface area contributed by atoms with Crippen molar-refractivity contribution in [1.29, 1.82) is 0 Å². The van der Waals surface area contributed by atoms with Crippen molar-refractivity contribution in [3.8, 4) is 5.75 Å². The fourth-order valence-corrected chi connectivity index (χ4v) is 1.71. The van der Waals surface area contributed by atoms with Gasteiger partial charge < -0.3 is 14.6 Å². The van der Waals surface area contributed by atoms with Gasteiger partial charge in [0.15, 0.2) is 6.10 Å². The number of esters is 1. The Labute approximate surface area is 114 Å². The van der Waals surface area contributed by atoms with Gasteiger partial charge in [0.1, 0.15) is 5.75 Å². The Balaban J connectivity index is 2.64. The molecule has 0 saturated carbocycles. The summed E-state index contributed by atoms with van der Waals surface area (Å²) in [5.41, 5.74) is 0.856. The molecule has 106 valence electrons. The van der Waals surface area contributed by atoms with E-state index in [1.165, 1.54) is 0 Å². The summed E-state index contributed by atoms with van der Waals surface area (Å²) in [5.74, 6) is -0.157. The topological polar surface area (TPSA) is 55.8 Å². The third-order valence-corrected chi connectivity index (χ3v) is 2.70. The molecule has 0 bridgehead atoms. The number of benzene rings is 1. The number of carbonyl (C=O) groups excluding carboxylic acids is 1. The molecule has 0 radical (unpaired) electrons. The van der Waals surface area contributed by atoms with Crippen LogP contribution in [0.25, 0.3) is 0 Å². The van der Waals surface area contributed by atoms with Gasteiger partial charge in [0.05, 0.1) is 6.61 Å². The number of aromatic hydroxyl groups is 1. The van der Waals surface area contributed by atoms with Crippen molar-refractivity contribution >= 4 is 5.97 Å². The van der Waals surface area contributed by atoms with E-state index in [9.17, 15) is 9.90 Å². The molecule has 0 heterocycles. The monoisotopic (exact) mass is 266 g/mol. The zero-order chi connectivity index (χ0) is 14.1. The van der Waals surface area contributed by atoms with Crippen LogP contribution in [-0.2, 0) is 20.7 Å². The van der Waals surface area contributed by atoms with Crippen LogP contribution in [-0.4, -0.2) is 30.4 Å². The first kappa shape index (κ1) is 15.5. The van der Waals surface area contributed by atoms with Crippen LogP contribution in [0.5, 0.6) is 5.75 Å². The van der Waals surface area contributed by atoms with Gasteiger partial charge >= 0.3 is 5.97 Å². The van der Waals surface area contributed by atoms with Crippen LogP contribution in [0.2, 0.25) is 0 Å². The lowest BCUT2D eigenvalue weighted by Gasteiger charge is -2.16. The SMILES string of the molecule is CCCCOC(Cc1cccc(O)c1)C(=O)OCC. The van der Waals surface area contributed by atoms with Crippen molar-refractivity contribution in [2.45, 2.75) is 39.2 Å². The predicted octanol–water partition coefficient (Wildman–Crippen LogP) is 2.68. The van der Waals surface area contributed by atoms with Crippen LogP contribution in [0.3, 0.4) is 0 Å². The molecule has 4 heteroatoms. The van der Waals surface area contributed by atoms with E-state index in [2.05, 4.69) is 6.92 Å². The van der Waals surface area contributed by atoms with Gasteiger partial charge in [-0.3, -0.25) is 0 Å². The minimum absolute atomic E-state index is 0.189. The summed E-state index contributed by atoms with van der Waals surface area (Å²) in [7, 11) is 0. The highest BCUT2D eigenvalue weighted by Crippen LogP contribution is 2.14. The lowest BCUT2D eigenvalue weighted by molar-refractivity contribution is -0.156. The van der Waals surface area contributed by atoms with Crippen LogP contribution in [0.15, 0.2) is 24.3 Å². The fraction of sp³-hybridized carbons (Fsp3) is 0.533. The van der Waals surface area contributed by atoms with E-state index in [-0.39, 0.29) is 11.7 Å². The van der Waals surface area contributed by atoms with Crippen LogP contribution in [0.4, 0.5) is 0 Å². The van der Waals surface area contributed by atoms with Gasteiger partial charge in [-0.2, -0.15) is 0 Å². The van der Waals surface area contributed by atoms with E-state index < -0.39 is 6.10 Å². The molecular formula is C15H22O4. The van der Waals surface area contributed by atoms with E-state index in [0.29, 0.717) is 19.6 Å². The second-order valence-corrected chi connectivity index (χ2v) is 4.34. The number of unbranched alkanes of at least 4 members (excludes halogenated alkanes) is 1. The number of phenolic OH excluding ortho intramolecular Hbond substituents is 1. The highest BCUT2D eigenvalue weighted by atomic mass is 16.6. The summed E-state index contributed by atoms with van der Waals surface area (Å²) in [6.07, 6.45) is 1.74. The maximum Gasteiger partial charge on any atom is 0.335 e. The Bertz CT molecular complexity index is 389. The molecule has 0 aliphatic carbocycles.